The lowest BCUT2D eigenvalue weighted by Gasteiger charge is -2.40. The Morgan fingerprint density at radius 2 is 1.83 bits per heavy atom. The predicted molar refractivity (Wildman–Crippen MR) is 94.1 cm³/mol. The molecule has 24 heavy (non-hydrogen) atoms. The summed E-state index contributed by atoms with van der Waals surface area (Å²) in [6.45, 7) is 9.01. The average molecular weight is 353 g/mol. The second kappa shape index (κ2) is 7.43. The van der Waals surface area contributed by atoms with Crippen molar-refractivity contribution < 1.29 is 14.3 Å². The van der Waals surface area contributed by atoms with Gasteiger partial charge in [-0.3, -0.25) is 4.79 Å². The molecule has 1 aliphatic rings. The number of rotatable bonds is 2. The number of benzene rings is 1. The van der Waals surface area contributed by atoms with Crippen molar-refractivity contribution in [3.8, 4) is 0 Å². The molecule has 1 aromatic carbocycles. The molecule has 5 nitrogen and oxygen atoms in total. The predicted octanol–water partition coefficient (Wildman–Crippen LogP) is 3.35. The normalized spacial score (nSPS) is 18.5. The number of halogens is 1. The number of hydrogen-bond acceptors (Lipinski definition) is 3. The molecule has 1 atom stereocenters. The van der Waals surface area contributed by atoms with Crippen molar-refractivity contribution in [2.45, 2.75) is 45.8 Å². The van der Waals surface area contributed by atoms with Crippen molar-refractivity contribution in [2.75, 3.05) is 19.6 Å². The smallest absolute Gasteiger partial charge is 0.410 e. The van der Waals surface area contributed by atoms with Crippen molar-refractivity contribution in [1.29, 1.82) is 0 Å². The van der Waals surface area contributed by atoms with E-state index in [0.717, 1.165) is 5.56 Å². The van der Waals surface area contributed by atoms with E-state index in [1.165, 1.54) is 0 Å². The number of amides is 2. The van der Waals surface area contributed by atoms with Gasteiger partial charge in [0.05, 0.1) is 6.42 Å². The molecule has 6 heteroatoms. The van der Waals surface area contributed by atoms with Crippen LogP contribution in [0.2, 0.25) is 5.02 Å². The number of piperazine rings is 1. The molecule has 1 saturated heterocycles. The highest BCUT2D eigenvalue weighted by molar-refractivity contribution is 6.30. The number of ether oxygens (including phenoxy) is 1. The molecule has 2 rings (SSSR count). The summed E-state index contributed by atoms with van der Waals surface area (Å²) in [5.74, 6) is 0.0630. The van der Waals surface area contributed by atoms with Gasteiger partial charge in [0.2, 0.25) is 5.91 Å². The topological polar surface area (TPSA) is 49.9 Å². The molecule has 0 saturated carbocycles. The van der Waals surface area contributed by atoms with Gasteiger partial charge in [-0.2, -0.15) is 0 Å². The molecule has 2 amide bonds. The first kappa shape index (κ1) is 18.6. The SMILES string of the molecule is C[C@H]1CN(C(=O)Cc2ccc(Cl)cc2)CCN1C(=O)OC(C)(C)C. The Kier molecular flexibility index (Phi) is 5.75. The summed E-state index contributed by atoms with van der Waals surface area (Å²) in [6.07, 6.45) is 0.0239. The second-order valence-electron chi connectivity index (χ2n) is 7.17. The molecule has 0 N–H and O–H groups in total. The van der Waals surface area contributed by atoms with Gasteiger partial charge in [0.15, 0.2) is 0 Å². The Morgan fingerprint density at radius 1 is 1.21 bits per heavy atom. The fourth-order valence-corrected chi connectivity index (χ4v) is 2.79. The first-order valence-corrected chi connectivity index (χ1v) is 8.55. The van der Waals surface area contributed by atoms with Crippen LogP contribution in [0.1, 0.15) is 33.3 Å². The molecule has 0 unspecified atom stereocenters. The highest BCUT2D eigenvalue weighted by Gasteiger charge is 2.32. The molecule has 1 fully saturated rings. The van der Waals surface area contributed by atoms with Gasteiger partial charge in [-0.25, -0.2) is 4.79 Å². The van der Waals surface area contributed by atoms with E-state index in [-0.39, 0.29) is 18.0 Å². The maximum Gasteiger partial charge on any atom is 0.410 e. The zero-order chi connectivity index (χ0) is 17.9. The van der Waals surface area contributed by atoms with E-state index < -0.39 is 5.60 Å². The van der Waals surface area contributed by atoms with Crippen molar-refractivity contribution in [1.82, 2.24) is 9.80 Å². The summed E-state index contributed by atoms with van der Waals surface area (Å²) >= 11 is 5.86. The lowest BCUT2D eigenvalue weighted by molar-refractivity contribution is -0.133. The molecular weight excluding hydrogens is 328 g/mol. The average Bonchev–Trinajstić information content (AvgIpc) is 2.47. The Bertz CT molecular complexity index is 595. The van der Waals surface area contributed by atoms with Gasteiger partial charge < -0.3 is 14.5 Å². The van der Waals surface area contributed by atoms with Crippen LogP contribution in [0.4, 0.5) is 4.79 Å². The van der Waals surface area contributed by atoms with Crippen LogP contribution >= 0.6 is 11.6 Å². The van der Waals surface area contributed by atoms with Crippen molar-refractivity contribution >= 4 is 23.6 Å². The summed E-state index contributed by atoms with van der Waals surface area (Å²) in [5.41, 5.74) is 0.421. The summed E-state index contributed by atoms with van der Waals surface area (Å²) in [4.78, 5) is 28.2. The zero-order valence-corrected chi connectivity index (χ0v) is 15.5. The fraction of sp³-hybridized carbons (Fsp3) is 0.556. The van der Waals surface area contributed by atoms with Crippen molar-refractivity contribution in [3.63, 3.8) is 0 Å². The summed E-state index contributed by atoms with van der Waals surface area (Å²) in [7, 11) is 0. The largest absolute Gasteiger partial charge is 0.444 e. The third-order valence-corrected chi connectivity index (χ3v) is 4.13. The van der Waals surface area contributed by atoms with E-state index in [9.17, 15) is 9.59 Å². The third-order valence-electron chi connectivity index (χ3n) is 3.88. The number of carbonyl (C=O) groups is 2. The van der Waals surface area contributed by atoms with Crippen LogP contribution in [-0.4, -0.2) is 53.1 Å². The molecule has 0 radical (unpaired) electrons. The minimum Gasteiger partial charge on any atom is -0.444 e. The van der Waals surface area contributed by atoms with Crippen LogP contribution in [0.15, 0.2) is 24.3 Å². The monoisotopic (exact) mass is 352 g/mol. The van der Waals surface area contributed by atoms with E-state index in [0.29, 0.717) is 31.1 Å². The minimum atomic E-state index is -0.516. The van der Waals surface area contributed by atoms with Crippen molar-refractivity contribution in [2.24, 2.45) is 0 Å². The zero-order valence-electron chi connectivity index (χ0n) is 14.7. The molecule has 0 bridgehead atoms. The molecule has 0 aromatic heterocycles. The van der Waals surface area contributed by atoms with Crippen molar-refractivity contribution in [3.05, 3.63) is 34.9 Å². The van der Waals surface area contributed by atoms with Gasteiger partial charge >= 0.3 is 6.09 Å². The lowest BCUT2D eigenvalue weighted by atomic mass is 10.1. The van der Waals surface area contributed by atoms with E-state index in [1.54, 1.807) is 21.9 Å². The first-order chi connectivity index (χ1) is 11.2. The Morgan fingerprint density at radius 3 is 2.38 bits per heavy atom. The number of carbonyl (C=O) groups excluding carboxylic acids is 2. The Balaban J connectivity index is 1.91. The Labute approximate surface area is 148 Å². The summed E-state index contributed by atoms with van der Waals surface area (Å²) in [6, 6.07) is 7.23. The quantitative estimate of drug-likeness (QED) is 0.820. The fourth-order valence-electron chi connectivity index (χ4n) is 2.66. The molecule has 132 valence electrons. The molecule has 0 aliphatic carbocycles. The van der Waals surface area contributed by atoms with Crippen LogP contribution in [0.3, 0.4) is 0 Å². The number of hydrogen-bond donors (Lipinski definition) is 0. The van der Waals surface area contributed by atoms with Gasteiger partial charge in [0.25, 0.3) is 0 Å². The third kappa shape index (κ3) is 5.13. The van der Waals surface area contributed by atoms with Crippen LogP contribution in [0, 0.1) is 0 Å². The highest BCUT2D eigenvalue weighted by atomic mass is 35.5. The molecule has 0 spiro atoms. The minimum absolute atomic E-state index is 0.0630. The van der Waals surface area contributed by atoms with Crippen LogP contribution in [0.25, 0.3) is 0 Å². The van der Waals surface area contributed by atoms with Gasteiger partial charge in [0, 0.05) is 30.7 Å². The summed E-state index contributed by atoms with van der Waals surface area (Å²) in [5, 5.41) is 0.658. The first-order valence-electron chi connectivity index (χ1n) is 8.17. The summed E-state index contributed by atoms with van der Waals surface area (Å²) < 4.78 is 5.42. The maximum absolute atomic E-state index is 12.5. The van der Waals surface area contributed by atoms with Gasteiger partial charge in [-0.1, -0.05) is 23.7 Å². The Hall–Kier alpha value is -1.75. The van der Waals surface area contributed by atoms with E-state index in [4.69, 9.17) is 16.3 Å². The maximum atomic E-state index is 12.5. The van der Waals surface area contributed by atoms with E-state index in [1.807, 2.05) is 39.8 Å². The van der Waals surface area contributed by atoms with Crippen LogP contribution in [-0.2, 0) is 16.0 Å². The van der Waals surface area contributed by atoms with Crippen LogP contribution in [0.5, 0.6) is 0 Å². The lowest BCUT2D eigenvalue weighted by Crippen LogP contribution is -2.56. The van der Waals surface area contributed by atoms with Gasteiger partial charge in [-0.05, 0) is 45.4 Å². The van der Waals surface area contributed by atoms with E-state index in [2.05, 4.69) is 0 Å². The van der Waals surface area contributed by atoms with Gasteiger partial charge in [0.1, 0.15) is 5.60 Å². The number of nitrogens with zero attached hydrogens (tertiary/aromatic N) is 2. The molecule has 1 aromatic rings. The van der Waals surface area contributed by atoms with Crippen LogP contribution < -0.4 is 0 Å². The van der Waals surface area contributed by atoms with E-state index >= 15 is 0 Å². The van der Waals surface area contributed by atoms with Gasteiger partial charge in [-0.15, -0.1) is 0 Å². The molecule has 1 heterocycles. The highest BCUT2D eigenvalue weighted by Crippen LogP contribution is 2.17. The standard InChI is InChI=1S/C18H25ClN2O3/c1-13-12-20(9-10-21(13)17(23)24-18(2,3)4)16(22)11-14-5-7-15(19)8-6-14/h5-8,13H,9-12H2,1-4H3/t13-/m0/s1. The molecule has 1 aliphatic heterocycles. The molecular formula is C18H25ClN2O3. The second-order valence-corrected chi connectivity index (χ2v) is 7.60.